The Hall–Kier alpha value is -1.90. The van der Waals surface area contributed by atoms with Crippen molar-refractivity contribution < 1.29 is 17.9 Å². The van der Waals surface area contributed by atoms with Crippen LogP contribution < -0.4 is 10.1 Å². The van der Waals surface area contributed by atoms with Crippen LogP contribution >= 0.6 is 11.3 Å². The number of sulfonamides is 1. The third-order valence-electron chi connectivity index (χ3n) is 3.39. The minimum absolute atomic E-state index is 0.162. The van der Waals surface area contributed by atoms with Crippen LogP contribution in [-0.2, 0) is 14.8 Å². The first-order valence-electron chi connectivity index (χ1n) is 7.37. The van der Waals surface area contributed by atoms with Gasteiger partial charge in [-0.15, -0.1) is 11.3 Å². The Balaban J connectivity index is 1.82. The Labute approximate surface area is 146 Å². The molecule has 0 atom stereocenters. The second-order valence-corrected chi connectivity index (χ2v) is 8.36. The van der Waals surface area contributed by atoms with Gasteiger partial charge in [0.1, 0.15) is 9.96 Å². The van der Waals surface area contributed by atoms with Crippen molar-refractivity contribution in [3.8, 4) is 5.75 Å². The molecule has 1 aromatic carbocycles. The lowest BCUT2D eigenvalue weighted by Gasteiger charge is -2.15. The number of nitrogens with zero attached hydrogens (tertiary/aromatic N) is 1. The van der Waals surface area contributed by atoms with Crippen molar-refractivity contribution in [2.75, 3.05) is 26.0 Å². The minimum Gasteiger partial charge on any atom is -0.497 e. The van der Waals surface area contributed by atoms with Crippen molar-refractivity contribution in [2.45, 2.75) is 17.1 Å². The van der Waals surface area contributed by atoms with Crippen molar-refractivity contribution in [3.05, 3.63) is 41.8 Å². The molecule has 0 saturated heterocycles. The van der Waals surface area contributed by atoms with Gasteiger partial charge < -0.3 is 10.1 Å². The summed E-state index contributed by atoms with van der Waals surface area (Å²) in [7, 11) is -0.375. The van der Waals surface area contributed by atoms with Crippen LogP contribution in [0.1, 0.15) is 12.8 Å². The summed E-state index contributed by atoms with van der Waals surface area (Å²) in [5, 5.41) is 4.50. The SMILES string of the molecule is COc1cccc(NC(=O)CCCN(C)S(=O)(=O)c2cccs2)c1. The minimum atomic E-state index is -3.46. The van der Waals surface area contributed by atoms with Gasteiger partial charge in [-0.25, -0.2) is 12.7 Å². The van der Waals surface area contributed by atoms with Gasteiger partial charge in [0.05, 0.1) is 7.11 Å². The predicted octanol–water partition coefficient (Wildman–Crippen LogP) is 2.80. The van der Waals surface area contributed by atoms with E-state index in [1.165, 1.54) is 22.7 Å². The van der Waals surface area contributed by atoms with E-state index in [2.05, 4.69) is 5.32 Å². The Morgan fingerprint density at radius 2 is 2.08 bits per heavy atom. The average molecular weight is 368 g/mol. The highest BCUT2D eigenvalue weighted by atomic mass is 32.2. The monoisotopic (exact) mass is 368 g/mol. The van der Waals surface area contributed by atoms with E-state index in [0.717, 1.165) is 0 Å². The fourth-order valence-electron chi connectivity index (χ4n) is 2.07. The zero-order valence-corrected chi connectivity index (χ0v) is 15.2. The fourth-order valence-corrected chi connectivity index (χ4v) is 4.48. The van der Waals surface area contributed by atoms with Gasteiger partial charge in [-0.05, 0) is 30.0 Å². The van der Waals surface area contributed by atoms with Gasteiger partial charge >= 0.3 is 0 Å². The summed E-state index contributed by atoms with van der Waals surface area (Å²) in [6, 6.07) is 10.4. The lowest BCUT2D eigenvalue weighted by Crippen LogP contribution is -2.28. The Morgan fingerprint density at radius 1 is 1.29 bits per heavy atom. The molecule has 0 saturated carbocycles. The van der Waals surface area contributed by atoms with Crippen molar-refractivity contribution in [3.63, 3.8) is 0 Å². The molecule has 1 heterocycles. The van der Waals surface area contributed by atoms with E-state index in [-0.39, 0.29) is 18.9 Å². The molecule has 1 aromatic heterocycles. The van der Waals surface area contributed by atoms with Crippen LogP contribution in [0.2, 0.25) is 0 Å². The number of nitrogens with one attached hydrogen (secondary N) is 1. The van der Waals surface area contributed by atoms with Crippen molar-refractivity contribution in [2.24, 2.45) is 0 Å². The molecule has 0 fully saturated rings. The molecule has 1 amide bonds. The van der Waals surface area contributed by atoms with Crippen molar-refractivity contribution in [1.82, 2.24) is 4.31 Å². The van der Waals surface area contributed by atoms with E-state index >= 15 is 0 Å². The highest BCUT2D eigenvalue weighted by molar-refractivity contribution is 7.91. The Kier molecular flexibility index (Phi) is 6.36. The van der Waals surface area contributed by atoms with E-state index in [4.69, 9.17) is 4.74 Å². The summed E-state index contributed by atoms with van der Waals surface area (Å²) in [6.45, 7) is 0.283. The van der Waals surface area contributed by atoms with Crippen LogP contribution in [0.25, 0.3) is 0 Å². The number of hydrogen-bond donors (Lipinski definition) is 1. The van der Waals surface area contributed by atoms with E-state index in [1.54, 1.807) is 48.9 Å². The summed E-state index contributed by atoms with van der Waals surface area (Å²) in [4.78, 5) is 12.0. The third kappa shape index (κ3) is 4.80. The maximum absolute atomic E-state index is 12.3. The average Bonchev–Trinajstić information content (AvgIpc) is 3.10. The first kappa shape index (κ1) is 18.4. The first-order chi connectivity index (χ1) is 11.4. The van der Waals surface area contributed by atoms with Crippen LogP contribution in [0.4, 0.5) is 5.69 Å². The normalized spacial score (nSPS) is 11.5. The lowest BCUT2D eigenvalue weighted by molar-refractivity contribution is -0.116. The summed E-state index contributed by atoms with van der Waals surface area (Å²) in [5.74, 6) is 0.500. The number of methoxy groups -OCH3 is 1. The number of benzene rings is 1. The van der Waals surface area contributed by atoms with Gasteiger partial charge in [-0.3, -0.25) is 4.79 Å². The van der Waals surface area contributed by atoms with Gasteiger partial charge in [-0.1, -0.05) is 12.1 Å². The standard InChI is InChI=1S/C16H20N2O4S2/c1-18(24(20,21)16-9-5-11-23-16)10-4-8-15(19)17-13-6-3-7-14(12-13)22-2/h3,5-7,9,11-12H,4,8,10H2,1-2H3,(H,17,19). The Bertz CT molecular complexity index is 773. The molecule has 0 unspecified atom stereocenters. The van der Waals surface area contributed by atoms with Crippen LogP contribution in [0.15, 0.2) is 46.0 Å². The molecule has 0 aliphatic rings. The van der Waals surface area contributed by atoms with Gasteiger partial charge in [0.25, 0.3) is 10.0 Å². The number of carbonyl (C=O) groups excluding carboxylic acids is 1. The molecule has 0 radical (unpaired) electrons. The van der Waals surface area contributed by atoms with Crippen molar-refractivity contribution in [1.29, 1.82) is 0 Å². The van der Waals surface area contributed by atoms with Crippen LogP contribution in [-0.4, -0.2) is 39.3 Å². The maximum Gasteiger partial charge on any atom is 0.252 e. The summed E-state index contributed by atoms with van der Waals surface area (Å²) in [6.07, 6.45) is 0.679. The molecule has 0 aliphatic carbocycles. The second-order valence-electron chi connectivity index (χ2n) is 5.14. The molecule has 6 nitrogen and oxygen atoms in total. The zero-order chi connectivity index (χ0) is 17.6. The Morgan fingerprint density at radius 3 is 2.75 bits per heavy atom. The van der Waals surface area contributed by atoms with Gasteiger partial charge in [0, 0.05) is 31.8 Å². The third-order valence-corrected chi connectivity index (χ3v) is 6.62. The molecule has 0 spiro atoms. The molecular weight excluding hydrogens is 348 g/mol. The topological polar surface area (TPSA) is 75.7 Å². The number of ether oxygens (including phenoxy) is 1. The maximum atomic E-state index is 12.3. The molecule has 130 valence electrons. The molecule has 8 heteroatoms. The predicted molar refractivity (Wildman–Crippen MR) is 95.0 cm³/mol. The lowest BCUT2D eigenvalue weighted by atomic mass is 10.2. The van der Waals surface area contributed by atoms with Crippen LogP contribution in [0.5, 0.6) is 5.75 Å². The second kappa shape index (κ2) is 8.27. The van der Waals surface area contributed by atoms with E-state index in [9.17, 15) is 13.2 Å². The molecule has 1 N–H and O–H groups in total. The molecular formula is C16H20N2O4S2. The quantitative estimate of drug-likeness (QED) is 0.777. The highest BCUT2D eigenvalue weighted by Crippen LogP contribution is 2.20. The molecule has 0 bridgehead atoms. The van der Waals surface area contributed by atoms with E-state index in [1.807, 2.05) is 0 Å². The number of hydrogen-bond acceptors (Lipinski definition) is 5. The number of carbonyl (C=O) groups is 1. The zero-order valence-electron chi connectivity index (χ0n) is 13.6. The van der Waals surface area contributed by atoms with Gasteiger partial charge in [0.15, 0.2) is 0 Å². The van der Waals surface area contributed by atoms with Crippen LogP contribution in [0.3, 0.4) is 0 Å². The highest BCUT2D eigenvalue weighted by Gasteiger charge is 2.21. The number of rotatable bonds is 8. The van der Waals surface area contributed by atoms with E-state index in [0.29, 0.717) is 22.1 Å². The molecule has 24 heavy (non-hydrogen) atoms. The largest absolute Gasteiger partial charge is 0.497 e. The van der Waals surface area contributed by atoms with Gasteiger partial charge in [0.2, 0.25) is 5.91 Å². The number of anilines is 1. The molecule has 2 rings (SSSR count). The smallest absolute Gasteiger partial charge is 0.252 e. The fraction of sp³-hybridized carbons (Fsp3) is 0.312. The number of amides is 1. The molecule has 0 aliphatic heterocycles. The van der Waals surface area contributed by atoms with Crippen LogP contribution in [0, 0.1) is 0 Å². The van der Waals surface area contributed by atoms with Crippen molar-refractivity contribution >= 4 is 33.0 Å². The van der Waals surface area contributed by atoms with E-state index < -0.39 is 10.0 Å². The number of thiophene rings is 1. The first-order valence-corrected chi connectivity index (χ1v) is 9.69. The molecule has 2 aromatic rings. The summed E-state index contributed by atoms with van der Waals surface area (Å²) < 4.78 is 31.2. The van der Waals surface area contributed by atoms with Gasteiger partial charge in [-0.2, -0.15) is 0 Å². The summed E-state index contributed by atoms with van der Waals surface area (Å²) in [5.41, 5.74) is 0.652. The summed E-state index contributed by atoms with van der Waals surface area (Å²) >= 11 is 1.18.